The van der Waals surface area contributed by atoms with Crippen LogP contribution in [0.25, 0.3) is 17.1 Å². The van der Waals surface area contributed by atoms with Crippen molar-refractivity contribution in [2.24, 2.45) is 0 Å². The Kier molecular flexibility index (Phi) is 7.12. The molecule has 14 heteroatoms. The highest BCUT2D eigenvalue weighted by molar-refractivity contribution is 7.93. The van der Waals surface area contributed by atoms with Crippen LogP contribution in [0.5, 0.6) is 17.2 Å². The maximum atomic E-state index is 13.7. The molecule has 1 N–H and O–H groups in total. The molecule has 0 saturated carbocycles. The highest BCUT2D eigenvalue weighted by Gasteiger charge is 2.33. The van der Waals surface area contributed by atoms with Gasteiger partial charge in [-0.05, 0) is 31.9 Å². The van der Waals surface area contributed by atoms with Crippen LogP contribution in [-0.2, 0) is 23.0 Å². The third-order valence-corrected chi connectivity index (χ3v) is 8.83. The fraction of sp³-hybridized carbons (Fsp3) is 0.400. The number of fused-ring (bicyclic) bond motifs is 1. The van der Waals surface area contributed by atoms with E-state index in [4.69, 9.17) is 14.2 Å². The normalized spacial score (nSPS) is 14.5. The smallest absolute Gasteiger partial charge is 0.243 e. The molecule has 39 heavy (non-hydrogen) atoms. The van der Waals surface area contributed by atoms with E-state index in [1.807, 2.05) is 4.68 Å². The Balaban J connectivity index is 1.59. The van der Waals surface area contributed by atoms with Gasteiger partial charge in [0.2, 0.25) is 16.0 Å². The Morgan fingerprint density at radius 3 is 2.31 bits per heavy atom. The van der Waals surface area contributed by atoms with Crippen LogP contribution < -0.4 is 18.9 Å². The second-order valence-electron chi connectivity index (χ2n) is 9.15. The van der Waals surface area contributed by atoms with Crippen molar-refractivity contribution in [2.45, 2.75) is 44.4 Å². The molecule has 2 unspecified atom stereocenters. The first-order valence-corrected chi connectivity index (χ1v) is 13.9. The first kappa shape index (κ1) is 26.4. The number of ether oxygens (including phenoxy) is 3. The van der Waals surface area contributed by atoms with E-state index < -0.39 is 21.2 Å². The van der Waals surface area contributed by atoms with E-state index in [1.165, 1.54) is 33.7 Å². The van der Waals surface area contributed by atoms with Crippen molar-refractivity contribution < 1.29 is 22.6 Å². The number of hydrogen-bond acceptors (Lipinski definition) is 10. The van der Waals surface area contributed by atoms with Gasteiger partial charge in [0.25, 0.3) is 0 Å². The quantitative estimate of drug-likeness (QED) is 0.310. The molecule has 5 rings (SSSR count). The largest absolute Gasteiger partial charge is 0.494 e. The summed E-state index contributed by atoms with van der Waals surface area (Å²) in [4.78, 5) is 8.54. The Morgan fingerprint density at radius 1 is 0.974 bits per heavy atom. The number of nitrogens with zero attached hydrogens (tertiary/aromatic N) is 7. The summed E-state index contributed by atoms with van der Waals surface area (Å²) in [6.45, 7) is 4.15. The number of benzene rings is 1. The van der Waals surface area contributed by atoms with Crippen LogP contribution in [0, 0.1) is 0 Å². The Morgan fingerprint density at radius 2 is 1.67 bits per heavy atom. The molecule has 2 atom stereocenters. The minimum atomic E-state index is -4.00. The van der Waals surface area contributed by atoms with Crippen molar-refractivity contribution in [2.75, 3.05) is 26.1 Å². The molecule has 1 aliphatic heterocycles. The number of methoxy groups -OCH3 is 3. The lowest BCUT2D eigenvalue weighted by molar-refractivity contribution is 0.391. The average Bonchev–Trinajstić information content (AvgIpc) is 3.68. The number of aromatic nitrogens is 7. The van der Waals surface area contributed by atoms with Crippen molar-refractivity contribution in [3.8, 4) is 34.3 Å². The number of sulfonamides is 1. The molecule has 0 aliphatic carbocycles. The summed E-state index contributed by atoms with van der Waals surface area (Å²) in [5, 5.41) is 12.3. The maximum Gasteiger partial charge on any atom is 0.243 e. The van der Waals surface area contributed by atoms with E-state index in [2.05, 4.69) is 30.0 Å². The SMILES string of the molecule is COc1cnc(C(C)C(C)S(=O)(=O)Nc2nnc(-c3cnn4c3CCC4)n2-c2c(OC)cccc2OC)nc1. The molecule has 0 fully saturated rings. The third-order valence-electron chi connectivity index (χ3n) is 6.98. The van der Waals surface area contributed by atoms with Crippen LogP contribution in [0.15, 0.2) is 36.8 Å². The Bertz CT molecular complexity index is 1560. The van der Waals surface area contributed by atoms with Crippen molar-refractivity contribution >= 4 is 16.0 Å². The topological polar surface area (TPSA) is 148 Å². The lowest BCUT2D eigenvalue weighted by Gasteiger charge is -2.21. The number of anilines is 1. The first-order valence-electron chi connectivity index (χ1n) is 12.4. The number of nitrogens with one attached hydrogen (secondary N) is 1. The lowest BCUT2D eigenvalue weighted by atomic mass is 10.1. The summed E-state index contributed by atoms with van der Waals surface area (Å²) in [6.07, 6.45) is 6.52. The van der Waals surface area contributed by atoms with Crippen molar-refractivity contribution in [3.63, 3.8) is 0 Å². The lowest BCUT2D eigenvalue weighted by Crippen LogP contribution is -2.31. The van der Waals surface area contributed by atoms with E-state index in [0.717, 1.165) is 30.6 Å². The van der Waals surface area contributed by atoms with Gasteiger partial charge in [0.1, 0.15) is 23.0 Å². The molecule has 13 nitrogen and oxygen atoms in total. The number of para-hydroxylation sites is 1. The molecule has 0 saturated heterocycles. The van der Waals surface area contributed by atoms with Crippen LogP contribution in [0.3, 0.4) is 0 Å². The summed E-state index contributed by atoms with van der Waals surface area (Å²) in [7, 11) is 0.572. The minimum Gasteiger partial charge on any atom is -0.494 e. The van der Waals surface area contributed by atoms with Gasteiger partial charge in [-0.3, -0.25) is 14.0 Å². The molecule has 4 heterocycles. The monoisotopic (exact) mass is 554 g/mol. The van der Waals surface area contributed by atoms with Crippen LogP contribution >= 0.6 is 0 Å². The number of rotatable bonds is 10. The van der Waals surface area contributed by atoms with Gasteiger partial charge in [0.15, 0.2) is 11.6 Å². The van der Waals surface area contributed by atoms with Gasteiger partial charge >= 0.3 is 0 Å². The molecule has 206 valence electrons. The van der Waals surface area contributed by atoms with Crippen LogP contribution in [0.4, 0.5) is 5.95 Å². The zero-order chi connectivity index (χ0) is 27.7. The maximum absolute atomic E-state index is 13.7. The van der Waals surface area contributed by atoms with Crippen molar-refractivity contribution in [1.82, 2.24) is 34.5 Å². The number of aryl methyl sites for hydroxylation is 1. The van der Waals surface area contributed by atoms with E-state index in [1.54, 1.807) is 42.8 Å². The molecule has 0 spiro atoms. The zero-order valence-electron chi connectivity index (χ0n) is 22.3. The zero-order valence-corrected chi connectivity index (χ0v) is 23.1. The average molecular weight is 555 g/mol. The molecule has 1 aliphatic rings. The molecule has 0 radical (unpaired) electrons. The summed E-state index contributed by atoms with van der Waals surface area (Å²) >= 11 is 0. The predicted octanol–water partition coefficient (Wildman–Crippen LogP) is 2.83. The molecular weight excluding hydrogens is 524 g/mol. The van der Waals surface area contributed by atoms with Gasteiger partial charge in [-0.1, -0.05) is 13.0 Å². The minimum absolute atomic E-state index is 0.0135. The summed E-state index contributed by atoms with van der Waals surface area (Å²) in [5.74, 6) is 1.62. The standard InChI is InChI=1S/C25H30N8O5S/c1-15(23-26-12-17(36-3)13-27-23)16(2)39(34,35)31-25-30-29-24(18-14-28-32-11-7-8-19(18)32)33(25)22-20(37-4)9-6-10-21(22)38-5/h6,9-10,12-16H,7-8,11H2,1-5H3,(H,30,31). The third kappa shape index (κ3) is 4.75. The summed E-state index contributed by atoms with van der Waals surface area (Å²) < 4.78 is 49.9. The predicted molar refractivity (Wildman–Crippen MR) is 143 cm³/mol. The van der Waals surface area contributed by atoms with Gasteiger partial charge < -0.3 is 14.2 Å². The molecular formula is C25H30N8O5S. The van der Waals surface area contributed by atoms with E-state index in [0.29, 0.717) is 34.6 Å². The summed E-state index contributed by atoms with van der Waals surface area (Å²) in [6, 6.07) is 5.30. The van der Waals surface area contributed by atoms with Gasteiger partial charge in [0, 0.05) is 18.2 Å². The Labute approximate surface area is 226 Å². The van der Waals surface area contributed by atoms with E-state index in [-0.39, 0.29) is 5.95 Å². The highest BCUT2D eigenvalue weighted by atomic mass is 32.2. The summed E-state index contributed by atoms with van der Waals surface area (Å²) in [5.41, 5.74) is 2.22. The van der Waals surface area contributed by atoms with Gasteiger partial charge in [0.05, 0.1) is 50.7 Å². The molecule has 4 aromatic rings. The van der Waals surface area contributed by atoms with E-state index in [9.17, 15) is 8.42 Å². The van der Waals surface area contributed by atoms with Crippen LogP contribution in [0.2, 0.25) is 0 Å². The molecule has 3 aromatic heterocycles. The van der Waals surface area contributed by atoms with E-state index >= 15 is 0 Å². The van der Waals surface area contributed by atoms with Crippen molar-refractivity contribution in [1.29, 1.82) is 0 Å². The van der Waals surface area contributed by atoms with Crippen LogP contribution in [0.1, 0.15) is 37.7 Å². The second kappa shape index (κ2) is 10.5. The second-order valence-corrected chi connectivity index (χ2v) is 11.2. The molecule has 1 aromatic carbocycles. The van der Waals surface area contributed by atoms with Crippen LogP contribution in [-0.4, -0.2) is 69.5 Å². The highest BCUT2D eigenvalue weighted by Crippen LogP contribution is 2.39. The Hall–Kier alpha value is -4.20. The first-order chi connectivity index (χ1) is 18.8. The van der Waals surface area contributed by atoms with Gasteiger partial charge in [-0.2, -0.15) is 5.10 Å². The fourth-order valence-corrected chi connectivity index (χ4v) is 5.84. The molecule has 0 bridgehead atoms. The fourth-order valence-electron chi connectivity index (χ4n) is 4.60. The van der Waals surface area contributed by atoms with Gasteiger partial charge in [-0.25, -0.2) is 18.4 Å². The molecule has 0 amide bonds. The van der Waals surface area contributed by atoms with Crippen molar-refractivity contribution in [3.05, 3.63) is 48.3 Å². The van der Waals surface area contributed by atoms with Gasteiger partial charge in [-0.15, -0.1) is 10.2 Å². The number of hydrogen-bond donors (Lipinski definition) is 1.